The van der Waals surface area contributed by atoms with Crippen LogP contribution in [0.3, 0.4) is 0 Å². The van der Waals surface area contributed by atoms with Gasteiger partial charge in [0, 0.05) is 17.5 Å². The molecule has 1 N–H and O–H groups in total. The van der Waals surface area contributed by atoms with E-state index in [2.05, 4.69) is 18.9 Å². The van der Waals surface area contributed by atoms with Crippen LogP contribution in [0.15, 0.2) is 59.7 Å². The maximum Gasteiger partial charge on any atom is 0.438 e. The van der Waals surface area contributed by atoms with Gasteiger partial charge in [-0.25, -0.2) is 0 Å². The average Bonchev–Trinajstić information content (AvgIpc) is 3.11. The lowest BCUT2D eigenvalue weighted by Gasteiger charge is -2.32. The Morgan fingerprint density at radius 3 is 2.25 bits per heavy atom. The first-order chi connectivity index (χ1) is 15.0. The molecule has 0 spiro atoms. The van der Waals surface area contributed by atoms with Crippen molar-refractivity contribution in [1.29, 1.82) is 0 Å². The minimum Gasteiger partial charge on any atom is -0.484 e. The molecule has 2 aromatic rings. The van der Waals surface area contributed by atoms with Crippen LogP contribution < -0.4 is 4.74 Å². The average molecular weight is 448 g/mol. The van der Waals surface area contributed by atoms with Crippen LogP contribution in [-0.2, 0) is 10.2 Å². The van der Waals surface area contributed by atoms with E-state index < -0.39 is 30.8 Å². The number of aliphatic hydroxyl groups is 1. The van der Waals surface area contributed by atoms with E-state index in [-0.39, 0.29) is 22.6 Å². The largest absolute Gasteiger partial charge is 0.484 e. The summed E-state index contributed by atoms with van der Waals surface area (Å²) in [4.78, 5) is 12.5. The van der Waals surface area contributed by atoms with Crippen molar-refractivity contribution in [3.8, 4) is 5.75 Å². The Morgan fingerprint density at radius 1 is 1.09 bits per heavy atom. The predicted molar refractivity (Wildman–Crippen MR) is 115 cm³/mol. The molecule has 8 heteroatoms. The number of alkyl halides is 3. The van der Waals surface area contributed by atoms with Crippen LogP contribution in [0.1, 0.15) is 51.2 Å². The molecule has 0 aliphatic carbocycles. The van der Waals surface area contributed by atoms with Crippen LogP contribution >= 0.6 is 0 Å². The van der Waals surface area contributed by atoms with E-state index in [1.54, 1.807) is 19.1 Å². The van der Waals surface area contributed by atoms with Gasteiger partial charge in [0.05, 0.1) is 0 Å². The van der Waals surface area contributed by atoms with Gasteiger partial charge in [0.1, 0.15) is 5.75 Å². The van der Waals surface area contributed by atoms with E-state index in [9.17, 15) is 23.1 Å². The molecule has 5 nitrogen and oxygen atoms in total. The van der Waals surface area contributed by atoms with E-state index in [4.69, 9.17) is 4.74 Å². The number of carbonyl (C=O) groups is 1. The fourth-order valence-electron chi connectivity index (χ4n) is 3.72. The summed E-state index contributed by atoms with van der Waals surface area (Å²) < 4.78 is 45.8. The third-order valence-corrected chi connectivity index (χ3v) is 5.70. The van der Waals surface area contributed by atoms with Crippen LogP contribution in [0.5, 0.6) is 5.75 Å². The highest BCUT2D eigenvalue weighted by atomic mass is 19.4. The number of carbonyl (C=O) groups excluding carboxylic acids is 1. The van der Waals surface area contributed by atoms with Crippen LogP contribution in [0.25, 0.3) is 0 Å². The Kier molecular flexibility index (Phi) is 6.64. The van der Waals surface area contributed by atoms with Crippen LogP contribution in [0, 0.1) is 0 Å². The summed E-state index contributed by atoms with van der Waals surface area (Å²) >= 11 is 0. The topological polar surface area (TPSA) is 62.1 Å². The Balaban J connectivity index is 1.70. The van der Waals surface area contributed by atoms with E-state index in [1.165, 1.54) is 0 Å². The van der Waals surface area contributed by atoms with Gasteiger partial charge in [0.2, 0.25) is 0 Å². The van der Waals surface area contributed by atoms with E-state index in [0.29, 0.717) is 12.2 Å². The molecule has 0 bridgehead atoms. The van der Waals surface area contributed by atoms with E-state index in [1.807, 2.05) is 42.5 Å². The Morgan fingerprint density at radius 2 is 1.69 bits per heavy atom. The molecule has 0 radical (unpaired) electrons. The number of hydrazone groups is 1. The van der Waals surface area contributed by atoms with Gasteiger partial charge < -0.3 is 9.84 Å². The molecule has 1 aliphatic rings. The van der Waals surface area contributed by atoms with Gasteiger partial charge in [-0.2, -0.15) is 23.3 Å². The van der Waals surface area contributed by atoms with Crippen LogP contribution in [0.4, 0.5) is 13.2 Å². The molecule has 0 aromatic heterocycles. The molecule has 2 aromatic carbocycles. The van der Waals surface area contributed by atoms with Crippen molar-refractivity contribution in [2.75, 3.05) is 6.61 Å². The second-order valence-electron chi connectivity index (χ2n) is 8.42. The number of rotatable bonds is 7. The molecule has 1 amide bonds. The summed E-state index contributed by atoms with van der Waals surface area (Å²) in [5, 5.41) is 14.1. The van der Waals surface area contributed by atoms with Crippen molar-refractivity contribution >= 4 is 11.6 Å². The molecule has 0 fully saturated rings. The van der Waals surface area contributed by atoms with E-state index >= 15 is 0 Å². The third kappa shape index (κ3) is 4.65. The Hall–Kier alpha value is -2.87. The molecule has 1 atom stereocenters. The molecule has 172 valence electrons. The number of ether oxygens (including phenoxy) is 1. The zero-order valence-electron chi connectivity index (χ0n) is 18.3. The molecule has 0 saturated heterocycles. The standard InChI is InChI=1S/C24H27F3N2O3/c1-4-8-19-15-23(31,24(25,26)27)29(28-19)21(30)16-32-20-13-11-18(12-14-20)22(2,3)17-9-6-5-7-10-17/h5-7,9-14,31H,4,8,15-16H2,1-3H3/t23-/m1/s1. The number of benzene rings is 2. The minimum absolute atomic E-state index is 0.116. The minimum atomic E-state index is -5.04. The zero-order valence-corrected chi connectivity index (χ0v) is 18.3. The molecule has 0 saturated carbocycles. The van der Waals surface area contributed by atoms with E-state index in [0.717, 1.165) is 11.1 Å². The smallest absolute Gasteiger partial charge is 0.438 e. The molecule has 1 aliphatic heterocycles. The first-order valence-corrected chi connectivity index (χ1v) is 10.5. The van der Waals surface area contributed by atoms with Gasteiger partial charge in [0.25, 0.3) is 11.6 Å². The normalized spacial score (nSPS) is 19.1. The Labute approximate surface area is 185 Å². The maximum atomic E-state index is 13.5. The number of hydrogen-bond acceptors (Lipinski definition) is 4. The van der Waals surface area contributed by atoms with Crippen molar-refractivity contribution in [3.63, 3.8) is 0 Å². The first-order valence-electron chi connectivity index (χ1n) is 10.5. The lowest BCUT2D eigenvalue weighted by Crippen LogP contribution is -2.57. The van der Waals surface area contributed by atoms with Gasteiger partial charge in [-0.3, -0.25) is 4.79 Å². The van der Waals surface area contributed by atoms with Crippen molar-refractivity contribution in [2.24, 2.45) is 5.10 Å². The second kappa shape index (κ2) is 8.94. The third-order valence-electron chi connectivity index (χ3n) is 5.70. The van der Waals surface area contributed by atoms with Gasteiger partial charge in [0.15, 0.2) is 6.61 Å². The summed E-state index contributed by atoms with van der Waals surface area (Å²) in [5.74, 6) is -0.733. The predicted octanol–water partition coefficient (Wildman–Crippen LogP) is 5.03. The monoisotopic (exact) mass is 448 g/mol. The molecular formula is C24H27F3N2O3. The molecule has 1 heterocycles. The van der Waals surface area contributed by atoms with Crippen molar-refractivity contribution in [2.45, 2.75) is 57.3 Å². The van der Waals surface area contributed by atoms with Crippen molar-refractivity contribution in [3.05, 3.63) is 65.7 Å². The highest BCUT2D eigenvalue weighted by Gasteiger charge is 2.63. The summed E-state index contributed by atoms with van der Waals surface area (Å²) in [6.07, 6.45) is -4.97. The van der Waals surface area contributed by atoms with Gasteiger partial charge in [-0.1, -0.05) is 69.7 Å². The molecule has 32 heavy (non-hydrogen) atoms. The van der Waals surface area contributed by atoms with Crippen LogP contribution in [0.2, 0.25) is 0 Å². The zero-order chi connectivity index (χ0) is 23.6. The maximum absolute atomic E-state index is 13.5. The molecule has 3 rings (SSSR count). The van der Waals surface area contributed by atoms with Gasteiger partial charge in [-0.05, 0) is 29.7 Å². The molecule has 0 unspecified atom stereocenters. The lowest BCUT2D eigenvalue weighted by molar-refractivity contribution is -0.302. The fraction of sp³-hybridized carbons (Fsp3) is 0.417. The van der Waals surface area contributed by atoms with Gasteiger partial charge in [-0.15, -0.1) is 0 Å². The number of hydrogen-bond donors (Lipinski definition) is 1. The Bertz CT molecular complexity index is 972. The second-order valence-corrected chi connectivity index (χ2v) is 8.42. The van der Waals surface area contributed by atoms with Crippen molar-refractivity contribution in [1.82, 2.24) is 5.01 Å². The highest BCUT2D eigenvalue weighted by molar-refractivity contribution is 5.91. The summed E-state index contributed by atoms with van der Waals surface area (Å²) in [6, 6.07) is 17.0. The SMILES string of the molecule is CCCC1=NN(C(=O)COc2ccc(C(C)(C)c3ccccc3)cc2)[C@](O)(C(F)(F)F)C1. The highest BCUT2D eigenvalue weighted by Crippen LogP contribution is 2.41. The number of amides is 1. The first kappa shape index (κ1) is 23.8. The lowest BCUT2D eigenvalue weighted by atomic mass is 9.78. The fourth-order valence-corrected chi connectivity index (χ4v) is 3.72. The summed E-state index contributed by atoms with van der Waals surface area (Å²) in [6.45, 7) is 5.27. The van der Waals surface area contributed by atoms with Crippen LogP contribution in [-0.4, -0.2) is 40.2 Å². The number of halogens is 3. The van der Waals surface area contributed by atoms with Gasteiger partial charge >= 0.3 is 6.18 Å². The number of nitrogens with zero attached hydrogens (tertiary/aromatic N) is 2. The van der Waals surface area contributed by atoms with Crippen molar-refractivity contribution < 1.29 is 27.8 Å². The summed E-state index contributed by atoms with van der Waals surface area (Å²) in [5.41, 5.74) is -1.33. The summed E-state index contributed by atoms with van der Waals surface area (Å²) in [7, 11) is 0. The molecular weight excluding hydrogens is 421 g/mol. The quantitative estimate of drug-likeness (QED) is 0.646.